The van der Waals surface area contributed by atoms with Crippen molar-refractivity contribution in [2.45, 2.75) is 90.9 Å². The molecule has 0 spiro atoms. The Bertz CT molecular complexity index is 368. The molecule has 24 heavy (non-hydrogen) atoms. The highest BCUT2D eigenvalue weighted by atomic mass is 15.3. The van der Waals surface area contributed by atoms with Crippen molar-refractivity contribution in [3.8, 4) is 0 Å². The van der Waals surface area contributed by atoms with Gasteiger partial charge in [-0.05, 0) is 37.8 Å². The summed E-state index contributed by atoms with van der Waals surface area (Å²) < 4.78 is 1.13. The number of benzene rings is 1. The minimum absolute atomic E-state index is 1.13. The average Bonchev–Trinajstić information content (AvgIpc) is 2.62. The average molecular weight is 333 g/mol. The molecule has 0 atom stereocenters. The van der Waals surface area contributed by atoms with Gasteiger partial charge in [-0.25, -0.2) is 0 Å². The summed E-state index contributed by atoms with van der Waals surface area (Å²) in [7, 11) is 2.45. The molecule has 0 fully saturated rings. The van der Waals surface area contributed by atoms with Gasteiger partial charge < -0.3 is 0 Å². The van der Waals surface area contributed by atoms with Crippen molar-refractivity contribution >= 4 is 5.69 Å². The molecule has 0 heterocycles. The molecule has 0 amide bonds. The van der Waals surface area contributed by atoms with Crippen molar-refractivity contribution in [3.05, 3.63) is 30.3 Å². The summed E-state index contributed by atoms with van der Waals surface area (Å²) in [5, 5.41) is 0. The van der Waals surface area contributed by atoms with Crippen LogP contribution in [0.2, 0.25) is 0 Å². The number of hydrogen-bond acceptors (Lipinski definition) is 0. The molecule has 0 aliphatic rings. The smallest absolute Gasteiger partial charge is 0.132 e. The summed E-state index contributed by atoms with van der Waals surface area (Å²) >= 11 is 0. The Morgan fingerprint density at radius 3 is 1.46 bits per heavy atom. The Hall–Kier alpha value is -0.820. The molecule has 0 N–H and O–H groups in total. The topological polar surface area (TPSA) is 0 Å². The zero-order valence-electron chi connectivity index (χ0n) is 16.7. The highest BCUT2D eigenvalue weighted by Gasteiger charge is 2.23. The van der Waals surface area contributed by atoms with Gasteiger partial charge in [0.1, 0.15) is 5.69 Å². The third-order valence-corrected chi connectivity index (χ3v) is 5.39. The summed E-state index contributed by atoms with van der Waals surface area (Å²) in [6.45, 7) is 7.18. The fourth-order valence-electron chi connectivity index (χ4n) is 3.64. The minimum atomic E-state index is 1.13. The van der Waals surface area contributed by atoms with Crippen LogP contribution in [0.25, 0.3) is 0 Å². The van der Waals surface area contributed by atoms with E-state index >= 15 is 0 Å². The van der Waals surface area contributed by atoms with Crippen molar-refractivity contribution in [2.75, 3.05) is 20.1 Å². The van der Waals surface area contributed by atoms with Crippen LogP contribution in [0, 0.1) is 0 Å². The molecule has 1 rings (SSSR count). The van der Waals surface area contributed by atoms with Gasteiger partial charge in [0.25, 0.3) is 0 Å². The number of unbranched alkanes of at least 4 members (excludes halogenated alkanes) is 10. The first-order valence-electron chi connectivity index (χ1n) is 10.6. The maximum atomic E-state index is 2.45. The number of nitrogens with zero attached hydrogens (tertiary/aromatic N) is 1. The minimum Gasteiger partial charge on any atom is -0.294 e. The fourth-order valence-corrected chi connectivity index (χ4v) is 3.64. The van der Waals surface area contributed by atoms with Crippen molar-refractivity contribution < 1.29 is 0 Å². The molecule has 1 aromatic carbocycles. The van der Waals surface area contributed by atoms with E-state index in [-0.39, 0.29) is 0 Å². The van der Waals surface area contributed by atoms with E-state index in [9.17, 15) is 0 Å². The zero-order valence-corrected chi connectivity index (χ0v) is 16.7. The largest absolute Gasteiger partial charge is 0.294 e. The van der Waals surface area contributed by atoms with E-state index in [1.165, 1.54) is 95.8 Å². The molecule has 0 saturated carbocycles. The number of quaternary nitrogens is 1. The normalized spacial score (nSPS) is 11.8. The van der Waals surface area contributed by atoms with E-state index in [0.717, 1.165) is 4.48 Å². The van der Waals surface area contributed by atoms with Gasteiger partial charge in [0.05, 0.1) is 20.1 Å². The maximum absolute atomic E-state index is 2.45. The molecule has 138 valence electrons. The molecular formula is C23H42N+. The first-order valence-corrected chi connectivity index (χ1v) is 10.6. The fraction of sp³-hybridized carbons (Fsp3) is 0.739. The highest BCUT2D eigenvalue weighted by molar-refractivity contribution is 5.41. The standard InChI is InChI=1S/C23H42N/c1-4-6-8-10-12-17-21-24(3,23-19-15-14-16-20-23)22-18-13-11-9-7-5-2/h14-16,19-20H,4-13,17-18,21-22H2,1-3H3/q+1. The molecule has 0 unspecified atom stereocenters. The lowest BCUT2D eigenvalue weighted by atomic mass is 10.1. The second-order valence-corrected chi connectivity index (χ2v) is 7.71. The van der Waals surface area contributed by atoms with Gasteiger partial charge in [0.15, 0.2) is 0 Å². The van der Waals surface area contributed by atoms with Crippen LogP contribution < -0.4 is 4.48 Å². The first kappa shape index (κ1) is 21.2. The van der Waals surface area contributed by atoms with Crippen LogP contribution in [0.1, 0.15) is 90.9 Å². The molecule has 0 radical (unpaired) electrons. The van der Waals surface area contributed by atoms with Crippen molar-refractivity contribution in [2.24, 2.45) is 0 Å². The Morgan fingerprint density at radius 2 is 1.00 bits per heavy atom. The summed E-state index contributed by atoms with van der Waals surface area (Å²) in [4.78, 5) is 0. The third kappa shape index (κ3) is 8.87. The molecule has 1 nitrogen and oxygen atoms in total. The van der Waals surface area contributed by atoms with E-state index in [4.69, 9.17) is 0 Å². The van der Waals surface area contributed by atoms with Crippen LogP contribution in [0.15, 0.2) is 30.3 Å². The Morgan fingerprint density at radius 1 is 0.583 bits per heavy atom. The molecule has 0 aliphatic carbocycles. The number of rotatable bonds is 15. The van der Waals surface area contributed by atoms with Crippen LogP contribution >= 0.6 is 0 Å². The predicted octanol–water partition coefficient (Wildman–Crippen LogP) is 7.34. The molecule has 0 bridgehead atoms. The lowest BCUT2D eigenvalue weighted by molar-refractivity contribution is 0.310. The van der Waals surface area contributed by atoms with Crippen LogP contribution in [0.4, 0.5) is 5.69 Å². The van der Waals surface area contributed by atoms with Gasteiger partial charge >= 0.3 is 0 Å². The molecule has 1 aromatic rings. The summed E-state index contributed by atoms with van der Waals surface area (Å²) in [6.07, 6.45) is 16.7. The van der Waals surface area contributed by atoms with Crippen LogP contribution in [-0.4, -0.2) is 20.1 Å². The number of hydrogen-bond donors (Lipinski definition) is 0. The summed E-state index contributed by atoms with van der Waals surface area (Å²) in [5.41, 5.74) is 1.50. The second kappa shape index (κ2) is 13.5. The van der Waals surface area contributed by atoms with E-state index in [1.807, 2.05) is 0 Å². The highest BCUT2D eigenvalue weighted by Crippen LogP contribution is 2.23. The molecular weight excluding hydrogens is 290 g/mol. The van der Waals surface area contributed by atoms with Gasteiger partial charge in [-0.1, -0.05) is 83.4 Å². The van der Waals surface area contributed by atoms with E-state index < -0.39 is 0 Å². The zero-order chi connectivity index (χ0) is 17.5. The van der Waals surface area contributed by atoms with E-state index in [2.05, 4.69) is 51.2 Å². The van der Waals surface area contributed by atoms with Gasteiger partial charge in [-0.15, -0.1) is 0 Å². The van der Waals surface area contributed by atoms with E-state index in [0.29, 0.717) is 0 Å². The van der Waals surface area contributed by atoms with E-state index in [1.54, 1.807) is 0 Å². The van der Waals surface area contributed by atoms with Crippen molar-refractivity contribution in [1.29, 1.82) is 0 Å². The van der Waals surface area contributed by atoms with Crippen LogP contribution in [-0.2, 0) is 0 Å². The third-order valence-electron chi connectivity index (χ3n) is 5.39. The second-order valence-electron chi connectivity index (χ2n) is 7.71. The van der Waals surface area contributed by atoms with Crippen LogP contribution in [0.3, 0.4) is 0 Å². The predicted molar refractivity (Wildman–Crippen MR) is 111 cm³/mol. The SMILES string of the molecule is CCCCCCCC[N+](C)(CCCCCCCC)c1ccccc1. The molecule has 0 saturated heterocycles. The van der Waals surface area contributed by atoms with Gasteiger partial charge in [-0.3, -0.25) is 4.48 Å². The van der Waals surface area contributed by atoms with Gasteiger partial charge in [0, 0.05) is 0 Å². The summed E-state index contributed by atoms with van der Waals surface area (Å²) in [5.74, 6) is 0. The lowest BCUT2D eigenvalue weighted by Crippen LogP contribution is -2.46. The monoisotopic (exact) mass is 332 g/mol. The molecule has 0 aromatic heterocycles. The Kier molecular flexibility index (Phi) is 11.9. The molecule has 0 aliphatic heterocycles. The quantitative estimate of drug-likeness (QED) is 0.233. The Labute approximate surface area is 152 Å². The first-order chi connectivity index (χ1) is 11.7. The lowest BCUT2D eigenvalue weighted by Gasteiger charge is -2.34. The van der Waals surface area contributed by atoms with Crippen molar-refractivity contribution in [3.63, 3.8) is 0 Å². The van der Waals surface area contributed by atoms with Crippen molar-refractivity contribution in [1.82, 2.24) is 4.48 Å². The molecule has 1 heteroatoms. The van der Waals surface area contributed by atoms with Gasteiger partial charge in [0.2, 0.25) is 0 Å². The van der Waals surface area contributed by atoms with Crippen LogP contribution in [0.5, 0.6) is 0 Å². The Balaban J connectivity index is 2.42. The summed E-state index contributed by atoms with van der Waals surface area (Å²) in [6, 6.07) is 11.2. The van der Waals surface area contributed by atoms with Gasteiger partial charge in [-0.2, -0.15) is 0 Å². The number of para-hydroxylation sites is 1. The maximum Gasteiger partial charge on any atom is 0.132 e.